The first kappa shape index (κ1) is 19.3. The number of thiocarbonyl (C=S) groups is 1. The summed E-state index contributed by atoms with van der Waals surface area (Å²) in [6, 6.07) is 8.00. The lowest BCUT2D eigenvalue weighted by atomic mass is 10.1. The van der Waals surface area contributed by atoms with E-state index >= 15 is 0 Å². The number of thiazole rings is 1. The Kier molecular flexibility index (Phi) is 6.26. The topological polar surface area (TPSA) is 45.7 Å². The molecule has 5 nitrogen and oxygen atoms in total. The van der Waals surface area contributed by atoms with Crippen LogP contribution in [0.3, 0.4) is 0 Å². The Balaban J connectivity index is 1.72. The number of carbonyl (C=O) groups excluding carboxylic acids is 1. The number of hydrogen-bond donors (Lipinski definition) is 0. The lowest BCUT2D eigenvalue weighted by Crippen LogP contribution is -2.37. The number of urea groups is 1. The molecule has 0 aliphatic carbocycles. The van der Waals surface area contributed by atoms with Crippen LogP contribution in [0.2, 0.25) is 0 Å². The maximum atomic E-state index is 12.5. The Morgan fingerprint density at radius 3 is 2.77 bits per heavy atom. The van der Waals surface area contributed by atoms with E-state index in [9.17, 15) is 4.79 Å². The molecule has 26 heavy (non-hydrogen) atoms. The number of carbonyl (C=O) groups is 1. The van der Waals surface area contributed by atoms with E-state index in [0.29, 0.717) is 16.7 Å². The van der Waals surface area contributed by atoms with E-state index in [-0.39, 0.29) is 6.03 Å². The van der Waals surface area contributed by atoms with Crippen molar-refractivity contribution in [2.75, 3.05) is 18.5 Å². The molecule has 1 unspecified atom stereocenters. The summed E-state index contributed by atoms with van der Waals surface area (Å²) in [5.41, 5.74) is 2.14. The van der Waals surface area contributed by atoms with Crippen LogP contribution in [0.25, 0.3) is 0 Å². The van der Waals surface area contributed by atoms with Crippen molar-refractivity contribution in [3.05, 3.63) is 45.4 Å². The van der Waals surface area contributed by atoms with Gasteiger partial charge in [0.1, 0.15) is 0 Å². The van der Waals surface area contributed by atoms with E-state index in [0.717, 1.165) is 15.8 Å². The summed E-state index contributed by atoms with van der Waals surface area (Å²) in [7, 11) is 1.74. The van der Waals surface area contributed by atoms with Crippen LogP contribution in [0.1, 0.15) is 30.9 Å². The summed E-state index contributed by atoms with van der Waals surface area (Å²) >= 11 is 10.2. The van der Waals surface area contributed by atoms with E-state index < -0.39 is 6.23 Å². The zero-order chi connectivity index (χ0) is 18.7. The molecule has 2 amide bonds. The van der Waals surface area contributed by atoms with E-state index in [1.165, 1.54) is 29.7 Å². The van der Waals surface area contributed by atoms with Crippen molar-refractivity contribution in [2.24, 2.45) is 0 Å². The largest absolute Gasteiger partial charge is 0.457 e. The maximum absolute atomic E-state index is 12.5. The number of rotatable bonds is 6. The van der Waals surface area contributed by atoms with Crippen LogP contribution in [0.15, 0.2) is 34.2 Å². The molecule has 1 saturated heterocycles. The Morgan fingerprint density at radius 2 is 2.15 bits per heavy atom. The van der Waals surface area contributed by atoms with Gasteiger partial charge in [-0.05, 0) is 46.6 Å². The summed E-state index contributed by atoms with van der Waals surface area (Å²) < 4.78 is 6.84. The average Bonchev–Trinajstić information content (AvgIpc) is 3.16. The third-order valence-electron chi connectivity index (χ3n) is 4.17. The zero-order valence-corrected chi connectivity index (χ0v) is 17.9. The van der Waals surface area contributed by atoms with Gasteiger partial charge in [0.25, 0.3) is 0 Å². The number of hydrogen-bond acceptors (Lipinski definition) is 5. The number of halogens is 1. The molecule has 0 radical (unpaired) electrons. The van der Waals surface area contributed by atoms with Crippen LogP contribution in [0.4, 0.5) is 9.93 Å². The fourth-order valence-electron chi connectivity index (χ4n) is 2.73. The molecule has 3 rings (SSSR count). The fraction of sp³-hybridized carbons (Fsp3) is 0.389. The van der Waals surface area contributed by atoms with Crippen LogP contribution in [0, 0.1) is 0 Å². The molecule has 1 fully saturated rings. The van der Waals surface area contributed by atoms with Crippen molar-refractivity contribution in [3.8, 4) is 0 Å². The van der Waals surface area contributed by atoms with Crippen LogP contribution in [-0.2, 0) is 11.2 Å². The third-order valence-corrected chi connectivity index (χ3v) is 5.98. The highest BCUT2D eigenvalue weighted by Gasteiger charge is 2.40. The van der Waals surface area contributed by atoms with Crippen molar-refractivity contribution in [2.45, 2.75) is 32.4 Å². The van der Waals surface area contributed by atoms with Gasteiger partial charge in [-0.1, -0.05) is 48.9 Å². The smallest absolute Gasteiger partial charge is 0.329 e. The van der Waals surface area contributed by atoms with Crippen molar-refractivity contribution in [3.63, 3.8) is 0 Å². The molecule has 2 aromatic rings. The lowest BCUT2D eigenvalue weighted by Gasteiger charge is -2.21. The number of amides is 2. The van der Waals surface area contributed by atoms with Crippen LogP contribution in [0.5, 0.6) is 0 Å². The molecule has 138 valence electrons. The first-order chi connectivity index (χ1) is 12.5. The molecule has 0 spiro atoms. The van der Waals surface area contributed by atoms with Gasteiger partial charge in [0, 0.05) is 12.6 Å². The number of aromatic nitrogens is 1. The molecular formula is C18H20BrN3O2S2. The highest BCUT2D eigenvalue weighted by Crippen LogP contribution is 2.32. The van der Waals surface area contributed by atoms with Crippen LogP contribution in [-0.4, -0.2) is 40.8 Å². The first-order valence-corrected chi connectivity index (χ1v) is 10.5. The molecule has 1 aromatic heterocycles. The summed E-state index contributed by atoms with van der Waals surface area (Å²) in [4.78, 5) is 19.9. The van der Waals surface area contributed by atoms with Crippen LogP contribution < -0.4 is 4.90 Å². The van der Waals surface area contributed by atoms with Gasteiger partial charge < -0.3 is 9.64 Å². The zero-order valence-electron chi connectivity index (χ0n) is 14.6. The Morgan fingerprint density at radius 1 is 1.42 bits per heavy atom. The molecule has 1 atom stereocenters. The highest BCUT2D eigenvalue weighted by atomic mass is 79.9. The SMILES string of the molecule is CCCCc1ccc(C(=S)OC2CN(C)C(=O)N2c2ncc(Br)s2)cc1. The minimum Gasteiger partial charge on any atom is -0.457 e. The fourth-order valence-corrected chi connectivity index (χ4v) is 4.20. The predicted octanol–water partition coefficient (Wildman–Crippen LogP) is 4.84. The summed E-state index contributed by atoms with van der Waals surface area (Å²) in [6.45, 7) is 2.62. The molecule has 1 aromatic carbocycles. The van der Waals surface area contributed by atoms with Crippen molar-refractivity contribution < 1.29 is 9.53 Å². The van der Waals surface area contributed by atoms with Gasteiger partial charge in [-0.2, -0.15) is 0 Å². The predicted molar refractivity (Wildman–Crippen MR) is 112 cm³/mol. The summed E-state index contributed by atoms with van der Waals surface area (Å²) in [6.07, 6.45) is 4.61. The number of nitrogens with zero attached hydrogens (tertiary/aromatic N) is 3. The average molecular weight is 454 g/mol. The van der Waals surface area contributed by atoms with Crippen LogP contribution >= 0.6 is 39.5 Å². The highest BCUT2D eigenvalue weighted by molar-refractivity contribution is 9.11. The molecular weight excluding hydrogens is 434 g/mol. The van der Waals surface area contributed by atoms with Gasteiger partial charge in [0.2, 0.25) is 6.23 Å². The number of ether oxygens (including phenoxy) is 1. The van der Waals surface area contributed by atoms with Crippen molar-refractivity contribution in [1.29, 1.82) is 0 Å². The van der Waals surface area contributed by atoms with Gasteiger partial charge in [0.05, 0.1) is 16.5 Å². The molecule has 8 heteroatoms. The van der Waals surface area contributed by atoms with Crippen molar-refractivity contribution >= 4 is 55.7 Å². The van der Waals surface area contributed by atoms with E-state index in [2.05, 4.69) is 40.0 Å². The second kappa shape index (κ2) is 8.45. The minimum absolute atomic E-state index is 0.144. The Bertz CT molecular complexity index is 794. The van der Waals surface area contributed by atoms with E-state index in [1.54, 1.807) is 23.0 Å². The molecule has 0 bridgehead atoms. The van der Waals surface area contributed by atoms with Gasteiger partial charge in [0.15, 0.2) is 10.2 Å². The molecule has 1 aliphatic rings. The second-order valence-corrected chi connectivity index (χ2v) is 8.90. The monoisotopic (exact) mass is 453 g/mol. The summed E-state index contributed by atoms with van der Waals surface area (Å²) in [5.74, 6) is 0. The number of likely N-dealkylation sites (N-methyl/N-ethyl adjacent to an activating group) is 1. The lowest BCUT2D eigenvalue weighted by molar-refractivity contribution is 0.202. The molecule has 0 N–H and O–H groups in total. The van der Waals surface area contributed by atoms with E-state index in [4.69, 9.17) is 17.0 Å². The van der Waals surface area contributed by atoms with Gasteiger partial charge in [-0.3, -0.25) is 0 Å². The third kappa shape index (κ3) is 4.24. The standard InChI is InChI=1S/C18H20BrN3O2S2/c1-3-4-5-12-6-8-13(9-7-12)16(25)24-15-11-21(2)18(23)22(15)17-20-10-14(19)26-17/h6-10,15H,3-5,11H2,1-2H3. The normalized spacial score (nSPS) is 17.0. The number of aryl methyl sites for hydroxylation is 1. The van der Waals surface area contributed by atoms with Gasteiger partial charge in [-0.25, -0.2) is 14.7 Å². The maximum Gasteiger partial charge on any atom is 0.329 e. The molecule has 0 saturated carbocycles. The number of unbranched alkanes of at least 4 members (excludes halogenated alkanes) is 1. The van der Waals surface area contributed by atoms with E-state index in [1.807, 2.05) is 12.1 Å². The summed E-state index contributed by atoms with van der Waals surface area (Å²) in [5, 5.41) is 0.981. The quantitative estimate of drug-likeness (QED) is 0.587. The molecule has 1 aliphatic heterocycles. The second-order valence-electron chi connectivity index (χ2n) is 6.14. The molecule has 2 heterocycles. The Hall–Kier alpha value is -1.51. The number of anilines is 1. The van der Waals surface area contributed by atoms with Gasteiger partial charge in [-0.15, -0.1) is 0 Å². The number of benzene rings is 1. The Labute approximate surface area is 171 Å². The minimum atomic E-state index is -0.488. The van der Waals surface area contributed by atoms with Crippen molar-refractivity contribution in [1.82, 2.24) is 9.88 Å². The first-order valence-electron chi connectivity index (χ1n) is 8.45. The van der Waals surface area contributed by atoms with Gasteiger partial charge >= 0.3 is 6.03 Å².